The molecular formula is C51H94O6. The Morgan fingerprint density at radius 2 is 0.667 bits per heavy atom. The Kier molecular flexibility index (Phi) is 44.9. The van der Waals surface area contributed by atoms with Crippen LogP contribution in [0.4, 0.5) is 0 Å². The molecule has 6 heteroatoms. The highest BCUT2D eigenvalue weighted by atomic mass is 16.6. The first-order valence-electron chi connectivity index (χ1n) is 24.8. The molecule has 0 fully saturated rings. The number of ether oxygens (including phenoxy) is 3. The van der Waals surface area contributed by atoms with Crippen molar-refractivity contribution >= 4 is 17.9 Å². The standard InChI is InChI=1S/C51H94O6/c1-4-7-10-13-16-19-22-24-25-27-29-32-35-38-41-44-50(53)56-47-48(46-55-49(52)43-40-37-34-31-28-21-18-15-12-9-6-3)57-51(54)45-42-39-36-33-30-26-23-20-17-14-11-8-5-2/h26,30,36,39,48H,4-25,27-29,31-35,37-38,40-47H2,1-3H3/b30-26-,39-36-. The molecule has 0 saturated carbocycles. The number of rotatable bonds is 45. The Morgan fingerprint density at radius 3 is 1.04 bits per heavy atom. The van der Waals surface area contributed by atoms with Gasteiger partial charge in [-0.1, -0.05) is 231 Å². The van der Waals surface area contributed by atoms with Gasteiger partial charge in [0.1, 0.15) is 13.2 Å². The molecule has 0 N–H and O–H groups in total. The average Bonchev–Trinajstić information content (AvgIpc) is 3.21. The topological polar surface area (TPSA) is 78.9 Å². The van der Waals surface area contributed by atoms with Crippen LogP contribution in [-0.2, 0) is 28.6 Å². The average molecular weight is 803 g/mol. The van der Waals surface area contributed by atoms with Crippen LogP contribution in [0.3, 0.4) is 0 Å². The molecule has 0 aliphatic carbocycles. The van der Waals surface area contributed by atoms with Crippen LogP contribution in [-0.4, -0.2) is 37.2 Å². The van der Waals surface area contributed by atoms with Crippen molar-refractivity contribution < 1.29 is 28.6 Å². The summed E-state index contributed by atoms with van der Waals surface area (Å²) in [6.45, 7) is 6.59. The highest BCUT2D eigenvalue weighted by molar-refractivity contribution is 5.71. The molecule has 57 heavy (non-hydrogen) atoms. The lowest BCUT2D eigenvalue weighted by Gasteiger charge is -2.18. The van der Waals surface area contributed by atoms with Gasteiger partial charge in [0.15, 0.2) is 6.10 Å². The van der Waals surface area contributed by atoms with Crippen molar-refractivity contribution in [2.75, 3.05) is 13.2 Å². The van der Waals surface area contributed by atoms with Crippen LogP contribution >= 0.6 is 0 Å². The molecule has 1 atom stereocenters. The number of hydrogen-bond donors (Lipinski definition) is 0. The van der Waals surface area contributed by atoms with E-state index in [1.807, 2.05) is 6.08 Å². The number of hydrogen-bond acceptors (Lipinski definition) is 6. The molecule has 1 unspecified atom stereocenters. The molecular weight excluding hydrogens is 709 g/mol. The molecule has 0 saturated heterocycles. The Balaban J connectivity index is 4.39. The van der Waals surface area contributed by atoms with Gasteiger partial charge in [0.2, 0.25) is 0 Å². The summed E-state index contributed by atoms with van der Waals surface area (Å²) in [6.07, 6.45) is 51.7. The van der Waals surface area contributed by atoms with Gasteiger partial charge in [0, 0.05) is 19.3 Å². The molecule has 0 heterocycles. The number of allylic oxidation sites excluding steroid dienone is 4. The first-order valence-corrected chi connectivity index (χ1v) is 24.8. The molecule has 0 rings (SSSR count). The molecule has 0 aliphatic heterocycles. The lowest BCUT2D eigenvalue weighted by Crippen LogP contribution is -2.30. The molecule has 0 aromatic heterocycles. The maximum atomic E-state index is 12.7. The molecule has 0 spiro atoms. The van der Waals surface area contributed by atoms with Crippen LogP contribution in [0.5, 0.6) is 0 Å². The highest BCUT2D eigenvalue weighted by Crippen LogP contribution is 2.15. The smallest absolute Gasteiger partial charge is 0.306 e. The van der Waals surface area contributed by atoms with E-state index in [9.17, 15) is 14.4 Å². The van der Waals surface area contributed by atoms with Crippen molar-refractivity contribution in [1.82, 2.24) is 0 Å². The maximum Gasteiger partial charge on any atom is 0.306 e. The van der Waals surface area contributed by atoms with Crippen molar-refractivity contribution in [1.29, 1.82) is 0 Å². The van der Waals surface area contributed by atoms with E-state index in [1.165, 1.54) is 167 Å². The summed E-state index contributed by atoms with van der Waals surface area (Å²) in [5, 5.41) is 0. The van der Waals surface area contributed by atoms with Crippen LogP contribution in [0.2, 0.25) is 0 Å². The monoisotopic (exact) mass is 803 g/mol. The molecule has 0 aromatic carbocycles. The van der Waals surface area contributed by atoms with Gasteiger partial charge in [0.25, 0.3) is 0 Å². The van der Waals surface area contributed by atoms with Crippen molar-refractivity contribution in [3.8, 4) is 0 Å². The fourth-order valence-electron chi connectivity index (χ4n) is 7.20. The van der Waals surface area contributed by atoms with E-state index in [4.69, 9.17) is 14.2 Å². The van der Waals surface area contributed by atoms with E-state index < -0.39 is 6.10 Å². The summed E-state index contributed by atoms with van der Waals surface area (Å²) in [6, 6.07) is 0. The third-order valence-corrected chi connectivity index (χ3v) is 11.0. The van der Waals surface area contributed by atoms with E-state index in [-0.39, 0.29) is 37.5 Å². The minimum Gasteiger partial charge on any atom is -0.462 e. The Morgan fingerprint density at radius 1 is 0.351 bits per heavy atom. The van der Waals surface area contributed by atoms with Gasteiger partial charge in [-0.3, -0.25) is 14.4 Å². The van der Waals surface area contributed by atoms with Gasteiger partial charge in [-0.15, -0.1) is 0 Å². The van der Waals surface area contributed by atoms with Crippen LogP contribution < -0.4 is 0 Å². The Hall–Kier alpha value is -2.11. The van der Waals surface area contributed by atoms with Gasteiger partial charge >= 0.3 is 17.9 Å². The summed E-state index contributed by atoms with van der Waals surface area (Å²) in [7, 11) is 0. The zero-order chi connectivity index (χ0) is 41.5. The quantitative estimate of drug-likeness (QED) is 0.0264. The van der Waals surface area contributed by atoms with E-state index >= 15 is 0 Å². The van der Waals surface area contributed by atoms with E-state index in [2.05, 4.69) is 39.0 Å². The highest BCUT2D eigenvalue weighted by Gasteiger charge is 2.19. The zero-order valence-electron chi connectivity index (χ0n) is 38.1. The first-order chi connectivity index (χ1) is 28.0. The summed E-state index contributed by atoms with van der Waals surface area (Å²) >= 11 is 0. The maximum absolute atomic E-state index is 12.7. The van der Waals surface area contributed by atoms with Crippen LogP contribution in [0, 0.1) is 0 Å². The molecule has 0 aromatic rings. The van der Waals surface area contributed by atoms with Crippen molar-refractivity contribution in [3.05, 3.63) is 24.3 Å². The Bertz CT molecular complexity index is 927. The molecule has 0 aliphatic rings. The number of carbonyl (C=O) groups excluding carboxylic acids is 3. The van der Waals surface area contributed by atoms with Crippen LogP contribution in [0.15, 0.2) is 24.3 Å². The SMILES string of the molecule is CCCCCCCC/C=C\C/C=C\CCC(=O)OC(COC(=O)CCCCCCCCCCCCC)COC(=O)CCCCCCCCCCCCCCCCC. The van der Waals surface area contributed by atoms with Gasteiger partial charge in [-0.05, 0) is 38.5 Å². The van der Waals surface area contributed by atoms with Crippen molar-refractivity contribution in [2.45, 2.75) is 271 Å². The minimum atomic E-state index is -0.794. The molecule has 0 amide bonds. The third kappa shape index (κ3) is 44.8. The van der Waals surface area contributed by atoms with Crippen LogP contribution in [0.25, 0.3) is 0 Å². The lowest BCUT2D eigenvalue weighted by atomic mass is 10.0. The van der Waals surface area contributed by atoms with Gasteiger partial charge in [0.05, 0.1) is 0 Å². The second-order valence-electron chi connectivity index (χ2n) is 16.7. The molecule has 0 bridgehead atoms. The minimum absolute atomic E-state index is 0.0890. The first kappa shape index (κ1) is 54.9. The van der Waals surface area contributed by atoms with E-state index in [1.54, 1.807) is 0 Å². The second kappa shape index (κ2) is 46.6. The van der Waals surface area contributed by atoms with E-state index in [0.717, 1.165) is 51.4 Å². The third-order valence-electron chi connectivity index (χ3n) is 11.0. The van der Waals surface area contributed by atoms with Crippen molar-refractivity contribution in [2.24, 2.45) is 0 Å². The zero-order valence-corrected chi connectivity index (χ0v) is 38.1. The van der Waals surface area contributed by atoms with E-state index in [0.29, 0.717) is 19.3 Å². The van der Waals surface area contributed by atoms with Crippen LogP contribution in [0.1, 0.15) is 265 Å². The summed E-state index contributed by atoms with van der Waals surface area (Å²) in [4.78, 5) is 37.8. The fourth-order valence-corrected chi connectivity index (χ4v) is 7.20. The van der Waals surface area contributed by atoms with Gasteiger partial charge < -0.3 is 14.2 Å². The number of esters is 3. The van der Waals surface area contributed by atoms with Crippen molar-refractivity contribution in [3.63, 3.8) is 0 Å². The largest absolute Gasteiger partial charge is 0.462 e. The molecule has 6 nitrogen and oxygen atoms in total. The second-order valence-corrected chi connectivity index (χ2v) is 16.7. The number of unbranched alkanes of at least 4 members (excludes halogenated alkanes) is 30. The molecule has 334 valence electrons. The summed E-state index contributed by atoms with van der Waals surface area (Å²) in [5.74, 6) is -0.947. The fraction of sp³-hybridized carbons (Fsp3) is 0.863. The van der Waals surface area contributed by atoms with Gasteiger partial charge in [-0.2, -0.15) is 0 Å². The normalized spacial score (nSPS) is 12.1. The van der Waals surface area contributed by atoms with Gasteiger partial charge in [-0.25, -0.2) is 0 Å². The predicted octanol–water partition coefficient (Wildman–Crippen LogP) is 16.0. The summed E-state index contributed by atoms with van der Waals surface area (Å²) in [5.41, 5.74) is 0. The predicted molar refractivity (Wildman–Crippen MR) is 243 cm³/mol. The number of carbonyl (C=O) groups is 3. The Labute approximate surface area is 353 Å². The summed E-state index contributed by atoms with van der Waals surface area (Å²) < 4.78 is 16.7. The lowest BCUT2D eigenvalue weighted by molar-refractivity contribution is -0.166. The molecule has 0 radical (unpaired) electrons.